The van der Waals surface area contributed by atoms with E-state index in [1.807, 2.05) is 0 Å². The lowest BCUT2D eigenvalue weighted by Gasteiger charge is -2.20. The lowest BCUT2D eigenvalue weighted by molar-refractivity contribution is 0.213. The Labute approximate surface area is 102 Å². The van der Waals surface area contributed by atoms with E-state index in [2.05, 4.69) is 31.0 Å². The number of aromatic nitrogens is 1. The summed E-state index contributed by atoms with van der Waals surface area (Å²) in [6.45, 7) is 4.66. The average Bonchev–Trinajstić information content (AvgIpc) is 2.73. The summed E-state index contributed by atoms with van der Waals surface area (Å²) in [6.07, 6.45) is 3.21. The third-order valence-corrected chi connectivity index (χ3v) is 4.12. The molecule has 0 aliphatic heterocycles. The molecule has 3 rings (SSSR count). The summed E-state index contributed by atoms with van der Waals surface area (Å²) in [6, 6.07) is 4.39. The second-order valence-corrected chi connectivity index (χ2v) is 5.32. The summed E-state index contributed by atoms with van der Waals surface area (Å²) < 4.78 is 0. The van der Waals surface area contributed by atoms with Crippen LogP contribution in [0.5, 0.6) is 0 Å². The number of rotatable bonds is 1. The fourth-order valence-corrected chi connectivity index (χ4v) is 3.07. The monoisotopic (exact) mass is 229 g/mol. The van der Waals surface area contributed by atoms with Crippen LogP contribution in [0.2, 0.25) is 0 Å². The van der Waals surface area contributed by atoms with Gasteiger partial charge < -0.3 is 10.1 Å². The van der Waals surface area contributed by atoms with Crippen LogP contribution in [0.4, 0.5) is 0 Å². The van der Waals surface area contributed by atoms with Crippen molar-refractivity contribution in [2.45, 2.75) is 33.1 Å². The summed E-state index contributed by atoms with van der Waals surface area (Å²) >= 11 is 0. The number of benzene rings is 1. The zero-order chi connectivity index (χ0) is 12.0. The fourth-order valence-electron chi connectivity index (χ4n) is 3.07. The molecule has 1 atom stereocenters. The van der Waals surface area contributed by atoms with E-state index in [4.69, 9.17) is 0 Å². The van der Waals surface area contributed by atoms with E-state index in [0.717, 1.165) is 19.3 Å². The van der Waals surface area contributed by atoms with Gasteiger partial charge in [-0.05, 0) is 55.7 Å². The van der Waals surface area contributed by atoms with E-state index in [-0.39, 0.29) is 0 Å². The summed E-state index contributed by atoms with van der Waals surface area (Å²) in [5.74, 6) is 0.446. The van der Waals surface area contributed by atoms with Gasteiger partial charge in [0.1, 0.15) is 0 Å². The van der Waals surface area contributed by atoms with Gasteiger partial charge in [-0.2, -0.15) is 0 Å². The number of hydrogen-bond donors (Lipinski definition) is 2. The SMILES string of the molecule is Cc1ccc(C)c2c3c([nH]c12)CCC(CO)C3. The predicted octanol–water partition coefficient (Wildman–Crippen LogP) is 2.88. The molecule has 0 radical (unpaired) electrons. The average molecular weight is 229 g/mol. The Morgan fingerprint density at radius 3 is 2.82 bits per heavy atom. The molecule has 1 aliphatic rings. The summed E-state index contributed by atoms with van der Waals surface area (Å²) in [5, 5.41) is 10.7. The van der Waals surface area contributed by atoms with Crippen molar-refractivity contribution >= 4 is 10.9 Å². The van der Waals surface area contributed by atoms with Crippen LogP contribution in [0.15, 0.2) is 12.1 Å². The van der Waals surface area contributed by atoms with E-state index >= 15 is 0 Å². The van der Waals surface area contributed by atoms with E-state index < -0.39 is 0 Å². The van der Waals surface area contributed by atoms with Crippen molar-refractivity contribution in [3.05, 3.63) is 34.5 Å². The molecular formula is C15H19NO. The van der Waals surface area contributed by atoms with Gasteiger partial charge in [0.15, 0.2) is 0 Å². The van der Waals surface area contributed by atoms with Crippen LogP contribution < -0.4 is 0 Å². The molecule has 0 fully saturated rings. The first-order valence-corrected chi connectivity index (χ1v) is 6.41. The van der Waals surface area contributed by atoms with Crippen molar-refractivity contribution in [1.29, 1.82) is 0 Å². The second-order valence-electron chi connectivity index (χ2n) is 5.32. The van der Waals surface area contributed by atoms with Gasteiger partial charge in [-0.1, -0.05) is 12.1 Å². The first kappa shape index (κ1) is 10.8. The molecule has 1 aromatic heterocycles. The van der Waals surface area contributed by atoms with Crippen LogP contribution in [0, 0.1) is 19.8 Å². The predicted molar refractivity (Wildman–Crippen MR) is 70.4 cm³/mol. The van der Waals surface area contributed by atoms with Crippen LogP contribution in [0.25, 0.3) is 10.9 Å². The Balaban J connectivity index is 2.24. The molecule has 2 heteroatoms. The lowest BCUT2D eigenvalue weighted by Crippen LogP contribution is -2.16. The maximum absolute atomic E-state index is 9.34. The summed E-state index contributed by atoms with van der Waals surface area (Å²) in [7, 11) is 0. The Hall–Kier alpha value is -1.28. The minimum atomic E-state index is 0.316. The Morgan fingerprint density at radius 2 is 2.06 bits per heavy atom. The van der Waals surface area contributed by atoms with E-state index in [9.17, 15) is 5.11 Å². The molecule has 2 nitrogen and oxygen atoms in total. The van der Waals surface area contributed by atoms with Gasteiger partial charge in [0.05, 0.1) is 0 Å². The molecular weight excluding hydrogens is 210 g/mol. The molecule has 1 aromatic carbocycles. The number of hydrogen-bond acceptors (Lipinski definition) is 1. The molecule has 2 N–H and O–H groups in total. The number of aliphatic hydroxyl groups excluding tert-OH is 1. The highest BCUT2D eigenvalue weighted by Gasteiger charge is 2.23. The van der Waals surface area contributed by atoms with Crippen molar-refractivity contribution in [3.63, 3.8) is 0 Å². The highest BCUT2D eigenvalue weighted by Crippen LogP contribution is 2.34. The first-order chi connectivity index (χ1) is 8.20. The van der Waals surface area contributed by atoms with Gasteiger partial charge in [-0.25, -0.2) is 0 Å². The molecule has 90 valence electrons. The van der Waals surface area contributed by atoms with Gasteiger partial charge in [-0.3, -0.25) is 0 Å². The molecule has 2 aromatic rings. The van der Waals surface area contributed by atoms with Crippen molar-refractivity contribution in [2.24, 2.45) is 5.92 Å². The van der Waals surface area contributed by atoms with Crippen molar-refractivity contribution in [2.75, 3.05) is 6.61 Å². The minimum absolute atomic E-state index is 0.316. The standard InChI is InChI=1S/C15H19NO/c1-9-3-4-10(2)15-14(9)12-7-11(8-17)5-6-13(12)16-15/h3-4,11,16-17H,5-8H2,1-2H3. The van der Waals surface area contributed by atoms with Gasteiger partial charge >= 0.3 is 0 Å². The van der Waals surface area contributed by atoms with Gasteiger partial charge in [0.2, 0.25) is 0 Å². The molecule has 0 spiro atoms. The summed E-state index contributed by atoms with van der Waals surface area (Å²) in [4.78, 5) is 3.59. The van der Waals surface area contributed by atoms with E-state index in [1.54, 1.807) is 0 Å². The van der Waals surface area contributed by atoms with E-state index in [1.165, 1.54) is 33.3 Å². The van der Waals surface area contributed by atoms with Crippen LogP contribution in [-0.2, 0) is 12.8 Å². The smallest absolute Gasteiger partial charge is 0.0491 e. The minimum Gasteiger partial charge on any atom is -0.396 e. The van der Waals surface area contributed by atoms with Crippen molar-refractivity contribution < 1.29 is 5.11 Å². The molecule has 1 unspecified atom stereocenters. The largest absolute Gasteiger partial charge is 0.396 e. The van der Waals surface area contributed by atoms with Gasteiger partial charge in [0.25, 0.3) is 0 Å². The maximum atomic E-state index is 9.34. The van der Waals surface area contributed by atoms with Crippen LogP contribution in [0.3, 0.4) is 0 Å². The number of aryl methyl sites for hydroxylation is 3. The van der Waals surface area contributed by atoms with Crippen LogP contribution >= 0.6 is 0 Å². The van der Waals surface area contributed by atoms with Crippen LogP contribution in [0.1, 0.15) is 28.8 Å². The zero-order valence-corrected chi connectivity index (χ0v) is 10.5. The van der Waals surface area contributed by atoms with Gasteiger partial charge in [-0.15, -0.1) is 0 Å². The number of fused-ring (bicyclic) bond motifs is 3. The molecule has 1 aliphatic carbocycles. The molecule has 1 heterocycles. The Bertz CT molecular complexity index is 568. The second kappa shape index (κ2) is 3.88. The highest BCUT2D eigenvalue weighted by atomic mass is 16.3. The number of aliphatic hydroxyl groups is 1. The highest BCUT2D eigenvalue weighted by molar-refractivity contribution is 5.90. The maximum Gasteiger partial charge on any atom is 0.0491 e. The number of H-pyrrole nitrogens is 1. The molecule has 0 saturated carbocycles. The molecule has 0 saturated heterocycles. The number of nitrogens with one attached hydrogen (secondary N) is 1. The zero-order valence-electron chi connectivity index (χ0n) is 10.5. The van der Waals surface area contributed by atoms with Gasteiger partial charge in [0, 0.05) is 23.2 Å². The van der Waals surface area contributed by atoms with Crippen molar-refractivity contribution in [1.82, 2.24) is 4.98 Å². The Kier molecular flexibility index (Phi) is 2.48. The topological polar surface area (TPSA) is 36.0 Å². The van der Waals surface area contributed by atoms with Crippen LogP contribution in [-0.4, -0.2) is 16.7 Å². The summed E-state index contributed by atoms with van der Waals surface area (Å²) in [5.41, 5.74) is 6.81. The molecule has 17 heavy (non-hydrogen) atoms. The van der Waals surface area contributed by atoms with Crippen molar-refractivity contribution in [3.8, 4) is 0 Å². The first-order valence-electron chi connectivity index (χ1n) is 6.41. The third-order valence-electron chi connectivity index (χ3n) is 4.12. The van der Waals surface area contributed by atoms with E-state index in [0.29, 0.717) is 12.5 Å². The third kappa shape index (κ3) is 1.59. The fraction of sp³-hybridized carbons (Fsp3) is 0.467. The molecule has 0 amide bonds. The lowest BCUT2D eigenvalue weighted by atomic mass is 9.86. The Morgan fingerprint density at radius 1 is 1.29 bits per heavy atom. The normalized spacial score (nSPS) is 19.6. The molecule has 0 bridgehead atoms. The quantitative estimate of drug-likeness (QED) is 0.775. The number of aromatic amines is 1.